The van der Waals surface area contributed by atoms with E-state index in [0.29, 0.717) is 17.5 Å². The summed E-state index contributed by atoms with van der Waals surface area (Å²) in [6, 6.07) is 60.7. The highest BCUT2D eigenvalue weighted by molar-refractivity contribution is 7.22. The average Bonchev–Trinajstić information content (AvgIpc) is 2.33. The molecule has 420 valence electrons. The highest BCUT2D eigenvalue weighted by atomic mass is 32.1. The fourth-order valence-corrected chi connectivity index (χ4v) is 12.5. The maximum absolute atomic E-state index is 13.8. The van der Waals surface area contributed by atoms with Crippen molar-refractivity contribution in [3.8, 4) is 54.9 Å². The number of nitrogens with two attached hydrogens (primary N) is 1. The Morgan fingerprint density at radius 1 is 0.482 bits per heavy atom. The third-order valence-corrected chi connectivity index (χ3v) is 17.0. The molecule has 0 fully saturated rings. The molecule has 4 N–H and O–H groups in total. The molecule has 13 heteroatoms. The van der Waals surface area contributed by atoms with Gasteiger partial charge in [-0.1, -0.05) is 139 Å². The summed E-state index contributed by atoms with van der Waals surface area (Å²) in [6.07, 6.45) is 1.88. The van der Waals surface area contributed by atoms with Crippen LogP contribution < -0.4 is 5.73 Å². The van der Waals surface area contributed by atoms with E-state index < -0.39 is 11.6 Å². The maximum Gasteiger partial charge on any atom is 0.153 e. The zero-order valence-electron chi connectivity index (χ0n) is 47.2. The van der Waals surface area contributed by atoms with Gasteiger partial charge in [0.15, 0.2) is 6.29 Å². The second-order valence-electron chi connectivity index (χ2n) is 22.7. The summed E-state index contributed by atoms with van der Waals surface area (Å²) >= 11 is 3.31. The second-order valence-corrected chi connectivity index (χ2v) is 24.8. The Bertz CT molecular complexity index is 4920. The molecule has 0 radical (unpaired) electrons. The van der Waals surface area contributed by atoms with Crippen LogP contribution in [0.15, 0.2) is 208 Å². The van der Waals surface area contributed by atoms with Crippen LogP contribution in [0.5, 0.6) is 11.5 Å². The van der Waals surface area contributed by atoms with Gasteiger partial charge in [-0.3, -0.25) is 9.79 Å². The third-order valence-electron chi connectivity index (χ3n) is 14.9. The average molecular weight is 1160 g/mol. The predicted octanol–water partition coefficient (Wildman–Crippen LogP) is 20.2. The summed E-state index contributed by atoms with van der Waals surface area (Å²) in [5.41, 5.74) is 21.8. The van der Waals surface area contributed by atoms with Gasteiger partial charge in [-0.15, -0.1) is 22.7 Å². The van der Waals surface area contributed by atoms with Gasteiger partial charge in [-0.2, -0.15) is 0 Å². The number of hydrogen-bond acceptors (Lipinski definition) is 11. The Balaban J connectivity index is 0.000000146. The standard InChI is InChI=1S/C36H27FN2O2S.C29H24N2OS.C7H5FO2/c1-36(2,3)22-18-28(26-12-8-11-25-24-9-5-7-14-31(24)41-34(25)26)33-32(19-22)42-35(39-33)27-10-4-6-13-29(27)38-20-21-17-23(37)15-16-30(21)40;1-29(2,3)17-15-22(20-12-8-11-19-18-9-5-7-14-24(18)32-27(19)20)26-25(16-17)33-28(31-26)21-10-4-6-13-23(21)30;8-6-1-2-7(10)5(3-6)4-9/h4-20,40H,1-3H3;4-16H,30H2,1-3H3;1-4,10H. The molecule has 85 heavy (non-hydrogen) atoms. The number of anilines is 1. The lowest BCUT2D eigenvalue weighted by Crippen LogP contribution is -2.11. The minimum atomic E-state index is -0.528. The van der Waals surface area contributed by atoms with Crippen LogP contribution in [0.1, 0.15) is 68.6 Å². The summed E-state index contributed by atoms with van der Waals surface area (Å²) in [5, 5.41) is 25.2. The summed E-state index contributed by atoms with van der Waals surface area (Å²) in [5.74, 6) is -1.19. The topological polar surface area (TPSA) is 148 Å². The first-order valence-corrected chi connectivity index (χ1v) is 29.2. The zero-order chi connectivity index (χ0) is 59.3. The van der Waals surface area contributed by atoms with Crippen LogP contribution in [0.2, 0.25) is 0 Å². The van der Waals surface area contributed by atoms with Gasteiger partial charge < -0.3 is 24.8 Å². The molecule has 0 amide bonds. The normalized spacial score (nSPS) is 11.9. The molecule has 0 aliphatic carbocycles. The number of aliphatic imine (C=N–C) groups is 1. The second kappa shape index (κ2) is 22.4. The molecular formula is C72H56F2N4O5S2. The van der Waals surface area contributed by atoms with E-state index in [1.54, 1.807) is 22.7 Å². The number of carbonyl (C=O) groups is 1. The van der Waals surface area contributed by atoms with Crippen molar-refractivity contribution >= 4 is 111 Å². The number of rotatable bonds is 7. The Morgan fingerprint density at radius 3 is 1.42 bits per heavy atom. The van der Waals surface area contributed by atoms with Crippen molar-refractivity contribution in [3.63, 3.8) is 0 Å². The quantitative estimate of drug-likeness (QED) is 0.0812. The minimum Gasteiger partial charge on any atom is -0.507 e. The number of phenols is 2. The van der Waals surface area contributed by atoms with Crippen molar-refractivity contribution in [2.24, 2.45) is 4.99 Å². The van der Waals surface area contributed by atoms with Crippen LogP contribution in [0, 0.1) is 11.6 Å². The number of aromatic nitrogens is 2. The number of aromatic hydroxyl groups is 2. The van der Waals surface area contributed by atoms with Crippen LogP contribution in [-0.2, 0) is 10.8 Å². The number of phenolic OH excluding ortho intramolecular Hbond substituents is 2. The number of hydrogen-bond donors (Lipinski definition) is 3. The lowest BCUT2D eigenvalue weighted by atomic mass is 9.85. The maximum atomic E-state index is 13.8. The fraction of sp³-hybridized carbons (Fsp3) is 0.111. The van der Waals surface area contributed by atoms with E-state index in [4.69, 9.17) is 29.6 Å². The third kappa shape index (κ3) is 11.0. The Morgan fingerprint density at radius 2 is 0.918 bits per heavy atom. The Hall–Kier alpha value is -9.82. The minimum absolute atomic E-state index is 0.000636. The van der Waals surface area contributed by atoms with Crippen molar-refractivity contribution in [2.45, 2.75) is 52.4 Å². The van der Waals surface area contributed by atoms with Gasteiger partial charge >= 0.3 is 0 Å². The number of para-hydroxylation sites is 6. The molecule has 14 aromatic rings. The molecule has 14 rings (SSSR count). The van der Waals surface area contributed by atoms with Gasteiger partial charge in [0.05, 0.1) is 31.7 Å². The van der Waals surface area contributed by atoms with Gasteiger partial charge in [0.1, 0.15) is 55.5 Å². The first-order chi connectivity index (χ1) is 40.9. The number of benzene rings is 10. The predicted molar refractivity (Wildman–Crippen MR) is 346 cm³/mol. The van der Waals surface area contributed by atoms with E-state index in [1.807, 2.05) is 78.9 Å². The number of halogens is 2. The van der Waals surface area contributed by atoms with Crippen LogP contribution in [0.3, 0.4) is 0 Å². The molecule has 0 bridgehead atoms. The first-order valence-electron chi connectivity index (χ1n) is 27.5. The summed E-state index contributed by atoms with van der Waals surface area (Å²) < 4.78 is 41.1. The van der Waals surface area contributed by atoms with Crippen molar-refractivity contribution in [3.05, 3.63) is 228 Å². The lowest BCUT2D eigenvalue weighted by Gasteiger charge is -2.20. The molecule has 0 atom stereocenters. The largest absolute Gasteiger partial charge is 0.507 e. The number of carbonyl (C=O) groups excluding carboxylic acids is 1. The fourth-order valence-electron chi connectivity index (χ4n) is 10.3. The molecule has 0 spiro atoms. The number of furan rings is 2. The summed E-state index contributed by atoms with van der Waals surface area (Å²) in [4.78, 5) is 25.0. The molecular weight excluding hydrogens is 1100 g/mol. The van der Waals surface area contributed by atoms with E-state index in [9.17, 15) is 18.7 Å². The lowest BCUT2D eigenvalue weighted by molar-refractivity contribution is 0.112. The number of nitrogens with zero attached hydrogens (tertiary/aromatic N) is 3. The molecule has 9 nitrogen and oxygen atoms in total. The Labute approximate surface area is 496 Å². The van der Waals surface area contributed by atoms with Crippen molar-refractivity contribution in [1.82, 2.24) is 9.97 Å². The first kappa shape index (κ1) is 55.7. The zero-order valence-corrected chi connectivity index (χ0v) is 48.9. The van der Waals surface area contributed by atoms with Crippen molar-refractivity contribution in [2.75, 3.05) is 5.73 Å². The monoisotopic (exact) mass is 1160 g/mol. The van der Waals surface area contributed by atoms with Crippen LogP contribution >= 0.6 is 22.7 Å². The van der Waals surface area contributed by atoms with E-state index in [0.717, 1.165) is 132 Å². The molecule has 0 unspecified atom stereocenters. The van der Waals surface area contributed by atoms with Gasteiger partial charge in [-0.25, -0.2) is 18.7 Å². The van der Waals surface area contributed by atoms with Crippen molar-refractivity contribution < 1.29 is 32.6 Å². The summed E-state index contributed by atoms with van der Waals surface area (Å²) in [7, 11) is 0. The van der Waals surface area contributed by atoms with E-state index in [1.165, 1.54) is 35.5 Å². The highest BCUT2D eigenvalue weighted by Crippen LogP contribution is 2.46. The van der Waals surface area contributed by atoms with Gasteiger partial charge in [0.25, 0.3) is 0 Å². The van der Waals surface area contributed by atoms with Gasteiger partial charge in [0.2, 0.25) is 0 Å². The summed E-state index contributed by atoms with van der Waals surface area (Å²) in [6.45, 7) is 13.4. The van der Waals surface area contributed by atoms with Gasteiger partial charge in [0, 0.05) is 72.4 Å². The SMILES string of the molecule is CC(C)(C)c1cc(-c2cccc3c2oc2ccccc23)c2nc(-c3ccccc3N)sc2c1.CC(C)(C)c1cc(-c2cccc3c2oc2ccccc23)c2nc(-c3ccccc3N=Cc3cc(F)ccc3O)sc2c1.O=Cc1cc(F)ccc1O. The van der Waals surface area contributed by atoms with Crippen LogP contribution in [-0.4, -0.2) is 32.7 Å². The smallest absolute Gasteiger partial charge is 0.153 e. The Kier molecular flexibility index (Phi) is 14.7. The molecule has 4 aromatic heterocycles. The number of aldehydes is 1. The molecule has 0 saturated heterocycles. The highest BCUT2D eigenvalue weighted by Gasteiger charge is 2.25. The molecule has 0 saturated carbocycles. The van der Waals surface area contributed by atoms with Crippen LogP contribution in [0.25, 0.3) is 108 Å². The van der Waals surface area contributed by atoms with E-state index in [2.05, 4.69) is 125 Å². The molecule has 0 aliphatic heterocycles. The van der Waals surface area contributed by atoms with Crippen molar-refractivity contribution in [1.29, 1.82) is 0 Å². The van der Waals surface area contributed by atoms with Gasteiger partial charge in [-0.05, 0) is 119 Å². The van der Waals surface area contributed by atoms with E-state index >= 15 is 0 Å². The molecule has 10 aromatic carbocycles. The number of thiazole rings is 2. The molecule has 4 heterocycles. The number of fused-ring (bicyclic) bond motifs is 8. The van der Waals surface area contributed by atoms with Crippen LogP contribution in [0.4, 0.5) is 20.2 Å². The molecule has 0 aliphatic rings. The van der Waals surface area contributed by atoms with E-state index in [-0.39, 0.29) is 27.9 Å². The number of nitrogen functional groups attached to an aromatic ring is 1.